The number of likely N-dealkylation sites (tertiary alicyclic amines) is 1. The number of aryl methyl sites for hydroxylation is 1. The number of carbonyl (C=O) groups is 3. The molecule has 0 aromatic carbocycles. The molecular weight excluding hydrogens is 324 g/mol. The van der Waals surface area contributed by atoms with Crippen LogP contribution < -0.4 is 0 Å². The molecule has 1 saturated heterocycles. The van der Waals surface area contributed by atoms with Gasteiger partial charge in [0.05, 0.1) is 12.2 Å². The fraction of sp³-hybridized carbons (Fsp3) is 0.611. The lowest BCUT2D eigenvalue weighted by molar-refractivity contribution is -0.136. The Balaban J connectivity index is 2.00. The number of nitrogens with zero attached hydrogens (tertiary/aromatic N) is 1. The Morgan fingerprint density at radius 1 is 1.20 bits per heavy atom. The highest BCUT2D eigenvalue weighted by molar-refractivity contribution is 5.99. The summed E-state index contributed by atoms with van der Waals surface area (Å²) in [5.41, 5.74) is 1.53. The molecule has 138 valence electrons. The zero-order chi connectivity index (χ0) is 18.6. The normalized spacial score (nSPS) is 17.3. The van der Waals surface area contributed by atoms with Crippen LogP contribution in [0.5, 0.6) is 0 Å². The second-order valence-electron chi connectivity index (χ2n) is 6.51. The Labute approximate surface area is 147 Å². The van der Waals surface area contributed by atoms with Crippen LogP contribution in [0.3, 0.4) is 0 Å². The van der Waals surface area contributed by atoms with E-state index in [-0.39, 0.29) is 24.8 Å². The van der Waals surface area contributed by atoms with Gasteiger partial charge in [-0.1, -0.05) is 6.92 Å². The summed E-state index contributed by atoms with van der Waals surface area (Å²) in [5, 5.41) is 0. The largest absolute Gasteiger partial charge is 0.462 e. The number of rotatable bonds is 5. The average Bonchev–Trinajstić information content (AvgIpc) is 2.87. The maximum atomic E-state index is 12.3. The number of esters is 2. The van der Waals surface area contributed by atoms with Crippen LogP contribution in [-0.2, 0) is 14.3 Å². The lowest BCUT2D eigenvalue weighted by Gasteiger charge is -2.30. The summed E-state index contributed by atoms with van der Waals surface area (Å²) in [6.45, 7) is 8.53. The van der Waals surface area contributed by atoms with Crippen LogP contribution in [-0.4, -0.2) is 54.0 Å². The number of carbonyl (C=O) groups excluding carboxylic acids is 3. The molecule has 2 heterocycles. The van der Waals surface area contributed by atoms with Crippen molar-refractivity contribution in [3.8, 4) is 0 Å². The molecule has 0 unspecified atom stereocenters. The number of hydrogen-bond acceptors (Lipinski definition) is 5. The maximum absolute atomic E-state index is 12.3. The monoisotopic (exact) mass is 350 g/mol. The van der Waals surface area contributed by atoms with Crippen LogP contribution in [0.25, 0.3) is 0 Å². The fourth-order valence-electron chi connectivity index (χ4n) is 3.17. The molecule has 7 heteroatoms. The summed E-state index contributed by atoms with van der Waals surface area (Å²) >= 11 is 0. The molecule has 0 saturated carbocycles. The number of H-pyrrole nitrogens is 1. The van der Waals surface area contributed by atoms with Gasteiger partial charge in [-0.05, 0) is 45.1 Å². The Kier molecular flexibility index (Phi) is 6.22. The molecule has 1 N–H and O–H groups in total. The molecule has 0 aliphatic carbocycles. The Morgan fingerprint density at radius 3 is 2.56 bits per heavy atom. The molecular formula is C18H26N2O5. The van der Waals surface area contributed by atoms with Crippen molar-refractivity contribution in [3.63, 3.8) is 0 Å². The van der Waals surface area contributed by atoms with Crippen LogP contribution in [0.15, 0.2) is 0 Å². The summed E-state index contributed by atoms with van der Waals surface area (Å²) in [6.07, 6.45) is 2.08. The minimum absolute atomic E-state index is 0.181. The van der Waals surface area contributed by atoms with Crippen molar-refractivity contribution in [1.82, 2.24) is 9.88 Å². The van der Waals surface area contributed by atoms with Crippen molar-refractivity contribution >= 4 is 17.8 Å². The van der Waals surface area contributed by atoms with Gasteiger partial charge >= 0.3 is 11.9 Å². The summed E-state index contributed by atoms with van der Waals surface area (Å²) in [7, 11) is 0. The molecule has 0 spiro atoms. The first-order valence-electron chi connectivity index (χ1n) is 8.66. The molecule has 1 aliphatic heterocycles. The summed E-state index contributed by atoms with van der Waals surface area (Å²) in [5.74, 6) is -0.846. The summed E-state index contributed by atoms with van der Waals surface area (Å²) in [6, 6.07) is 0. The van der Waals surface area contributed by atoms with E-state index < -0.39 is 11.9 Å². The Bertz CT molecular complexity index is 665. The van der Waals surface area contributed by atoms with Crippen molar-refractivity contribution in [2.24, 2.45) is 5.92 Å². The summed E-state index contributed by atoms with van der Waals surface area (Å²) in [4.78, 5) is 41.0. The Hall–Kier alpha value is -2.31. The minimum atomic E-state index is -0.644. The zero-order valence-electron chi connectivity index (χ0n) is 15.3. The third-order valence-corrected chi connectivity index (χ3v) is 4.46. The number of ether oxygens (including phenoxy) is 2. The van der Waals surface area contributed by atoms with Crippen LogP contribution in [0.4, 0.5) is 0 Å². The number of aromatic nitrogens is 1. The highest BCUT2D eigenvalue weighted by Crippen LogP contribution is 2.20. The van der Waals surface area contributed by atoms with Gasteiger partial charge in [0.1, 0.15) is 5.69 Å². The van der Waals surface area contributed by atoms with E-state index in [1.54, 1.807) is 25.7 Å². The highest BCUT2D eigenvalue weighted by atomic mass is 16.5. The van der Waals surface area contributed by atoms with Crippen LogP contribution in [0.1, 0.15) is 58.8 Å². The molecule has 1 aromatic heterocycles. The second-order valence-corrected chi connectivity index (χ2v) is 6.51. The number of hydrogen-bond donors (Lipinski definition) is 1. The summed E-state index contributed by atoms with van der Waals surface area (Å²) < 4.78 is 10.2. The molecule has 1 amide bonds. The van der Waals surface area contributed by atoms with Crippen LogP contribution >= 0.6 is 0 Å². The molecule has 0 radical (unpaired) electrons. The minimum Gasteiger partial charge on any atom is -0.462 e. The zero-order valence-corrected chi connectivity index (χ0v) is 15.3. The van der Waals surface area contributed by atoms with Crippen LogP contribution in [0, 0.1) is 19.8 Å². The van der Waals surface area contributed by atoms with Gasteiger partial charge in [0.2, 0.25) is 0 Å². The third-order valence-electron chi connectivity index (χ3n) is 4.46. The lowest BCUT2D eigenvalue weighted by atomic mass is 10.0. The fourth-order valence-corrected chi connectivity index (χ4v) is 3.17. The van der Waals surface area contributed by atoms with Gasteiger partial charge in [-0.3, -0.25) is 4.79 Å². The van der Waals surface area contributed by atoms with E-state index in [1.165, 1.54) is 0 Å². The Morgan fingerprint density at radius 2 is 1.92 bits per heavy atom. The first-order chi connectivity index (χ1) is 11.8. The number of nitrogens with one attached hydrogen (secondary N) is 1. The van der Waals surface area contributed by atoms with Crippen molar-refractivity contribution < 1.29 is 23.9 Å². The molecule has 0 bridgehead atoms. The van der Waals surface area contributed by atoms with E-state index in [0.717, 1.165) is 12.8 Å². The smallest absolute Gasteiger partial charge is 0.355 e. The van der Waals surface area contributed by atoms with Crippen molar-refractivity contribution in [1.29, 1.82) is 0 Å². The number of amides is 1. The first kappa shape index (κ1) is 19.0. The first-order valence-corrected chi connectivity index (χ1v) is 8.66. The predicted octanol–water partition coefficient (Wildman–Crippen LogP) is 2.22. The third kappa shape index (κ3) is 4.41. The quantitative estimate of drug-likeness (QED) is 0.823. The van der Waals surface area contributed by atoms with E-state index >= 15 is 0 Å². The van der Waals surface area contributed by atoms with E-state index in [4.69, 9.17) is 9.47 Å². The lowest BCUT2D eigenvalue weighted by Crippen LogP contribution is -2.41. The molecule has 1 atom stereocenters. The van der Waals surface area contributed by atoms with Gasteiger partial charge in [0.25, 0.3) is 5.91 Å². The van der Waals surface area contributed by atoms with Gasteiger partial charge in [0.15, 0.2) is 6.61 Å². The molecule has 7 nitrogen and oxygen atoms in total. The van der Waals surface area contributed by atoms with Gasteiger partial charge in [-0.25, -0.2) is 9.59 Å². The van der Waals surface area contributed by atoms with E-state index in [9.17, 15) is 14.4 Å². The topological polar surface area (TPSA) is 88.7 Å². The van der Waals surface area contributed by atoms with E-state index in [1.807, 2.05) is 0 Å². The van der Waals surface area contributed by atoms with Gasteiger partial charge in [-0.2, -0.15) is 0 Å². The van der Waals surface area contributed by atoms with Crippen molar-refractivity contribution in [2.75, 3.05) is 26.3 Å². The number of piperidine rings is 1. The van der Waals surface area contributed by atoms with Gasteiger partial charge in [-0.15, -0.1) is 0 Å². The SMILES string of the molecule is CCOC(=O)c1c(C)[nH]c(C(=O)OCC(=O)N2CCC[C@H](C)C2)c1C. The number of aromatic amines is 1. The van der Waals surface area contributed by atoms with Crippen molar-refractivity contribution in [3.05, 3.63) is 22.5 Å². The standard InChI is InChI=1S/C18H26N2O5/c1-5-24-17(22)15-12(3)16(19-13(15)4)18(23)25-10-14(21)20-8-6-7-11(2)9-20/h11,19H,5-10H2,1-4H3/t11-/m0/s1. The molecule has 1 aliphatic rings. The van der Waals surface area contributed by atoms with Gasteiger partial charge in [0, 0.05) is 18.8 Å². The molecule has 2 rings (SSSR count). The predicted molar refractivity (Wildman–Crippen MR) is 91.5 cm³/mol. The molecule has 25 heavy (non-hydrogen) atoms. The van der Waals surface area contributed by atoms with Crippen LogP contribution in [0.2, 0.25) is 0 Å². The van der Waals surface area contributed by atoms with E-state index in [0.29, 0.717) is 35.8 Å². The van der Waals surface area contributed by atoms with Crippen molar-refractivity contribution in [2.45, 2.75) is 40.5 Å². The van der Waals surface area contributed by atoms with Gasteiger partial charge < -0.3 is 19.4 Å². The molecule has 1 fully saturated rings. The van der Waals surface area contributed by atoms with E-state index in [2.05, 4.69) is 11.9 Å². The highest BCUT2D eigenvalue weighted by Gasteiger charge is 2.26. The average molecular weight is 350 g/mol. The maximum Gasteiger partial charge on any atom is 0.355 e. The second kappa shape index (κ2) is 8.18. The molecule has 1 aromatic rings.